The molecule has 1 unspecified atom stereocenters. The summed E-state index contributed by atoms with van der Waals surface area (Å²) in [4.78, 5) is 40.2. The molecule has 2 aliphatic rings. The van der Waals surface area contributed by atoms with E-state index >= 15 is 0 Å². The summed E-state index contributed by atoms with van der Waals surface area (Å²) in [5.74, 6) is -1.87. The third kappa shape index (κ3) is 8.07. The number of allylic oxidation sites excluding steroid dienone is 1. The van der Waals surface area contributed by atoms with Crippen LogP contribution in [0.15, 0.2) is 107 Å². The number of rotatable bonds is 15. The molecule has 0 spiro atoms. The van der Waals surface area contributed by atoms with E-state index in [-0.39, 0.29) is 35.8 Å². The lowest BCUT2D eigenvalue weighted by molar-refractivity contribution is -0.384. The molecule has 0 aliphatic carbocycles. The predicted molar refractivity (Wildman–Crippen MR) is 189 cm³/mol. The summed E-state index contributed by atoms with van der Waals surface area (Å²) in [6.07, 6.45) is 3.22. The zero-order valence-corrected chi connectivity index (χ0v) is 28.0. The van der Waals surface area contributed by atoms with E-state index in [9.17, 15) is 19.7 Å². The normalized spacial score (nSPS) is 17.8. The average molecular weight is 667 g/mol. The number of piperidine rings is 1. The first-order valence-electron chi connectivity index (χ1n) is 17.0. The van der Waals surface area contributed by atoms with Crippen LogP contribution in [0.4, 0.5) is 5.69 Å². The van der Waals surface area contributed by atoms with Gasteiger partial charge in [0.2, 0.25) is 11.8 Å². The minimum absolute atomic E-state index is 0.0308. The summed E-state index contributed by atoms with van der Waals surface area (Å²) in [6.45, 7) is 5.68. The maximum Gasteiger partial charge on any atom is 0.269 e. The van der Waals surface area contributed by atoms with Gasteiger partial charge in [0.15, 0.2) is 0 Å². The highest BCUT2D eigenvalue weighted by Gasteiger charge is 2.39. The molecule has 3 aromatic rings. The van der Waals surface area contributed by atoms with Gasteiger partial charge < -0.3 is 31.7 Å². The lowest BCUT2D eigenvalue weighted by Gasteiger charge is -2.43. The second-order valence-electron chi connectivity index (χ2n) is 12.5. The van der Waals surface area contributed by atoms with Crippen LogP contribution in [0.5, 0.6) is 0 Å². The van der Waals surface area contributed by atoms with Crippen LogP contribution < -0.4 is 22.1 Å². The van der Waals surface area contributed by atoms with E-state index in [1.165, 1.54) is 23.3 Å². The number of hydrogen-bond acceptors (Lipinski definition) is 8. The van der Waals surface area contributed by atoms with E-state index in [0.29, 0.717) is 42.0 Å². The first kappa shape index (κ1) is 35.5. The van der Waals surface area contributed by atoms with Gasteiger partial charge in [0.1, 0.15) is 0 Å². The van der Waals surface area contributed by atoms with Crippen molar-refractivity contribution in [3.05, 3.63) is 134 Å². The largest absolute Gasteiger partial charge is 0.374 e. The lowest BCUT2D eigenvalue weighted by Crippen LogP contribution is -2.44. The molecule has 0 aromatic heterocycles. The van der Waals surface area contributed by atoms with Gasteiger partial charge in [-0.05, 0) is 62.0 Å². The zero-order valence-electron chi connectivity index (χ0n) is 28.0. The van der Waals surface area contributed by atoms with Crippen LogP contribution in [-0.4, -0.2) is 67.6 Å². The number of primary amides is 1. The standard InChI is InChI=1S/C38H46N6O5/c1-2-31-35(33(27-14-16-30(17-15-27)44(47)48)34(36(40)45)32(42-31)26-49-25-20-39)37(46)41-21-9-22-43-23-18-38(19-24-43,28-10-5-3-6-11-28)29-12-7-4-8-13-29/h3-8,10-17,33,42H,2,9,18-26,39H2,1H3,(H2,40,45)(H,41,46). The summed E-state index contributed by atoms with van der Waals surface area (Å²) in [6, 6.07) is 27.4. The molecular weight excluding hydrogens is 620 g/mol. The van der Waals surface area contributed by atoms with E-state index in [4.69, 9.17) is 16.2 Å². The molecule has 0 radical (unpaired) electrons. The zero-order chi connectivity index (χ0) is 34.8. The van der Waals surface area contributed by atoms with Crippen LogP contribution in [0, 0.1) is 10.1 Å². The first-order chi connectivity index (χ1) is 23.8. The minimum Gasteiger partial charge on any atom is -0.374 e. The second kappa shape index (κ2) is 16.5. The number of amides is 2. The molecule has 1 fully saturated rings. The molecular formula is C38H46N6O5. The van der Waals surface area contributed by atoms with E-state index in [2.05, 4.69) is 76.2 Å². The molecule has 11 heteroatoms. The molecule has 2 heterocycles. The Labute approximate surface area is 287 Å². The fraction of sp³-hybridized carbons (Fsp3) is 0.368. The van der Waals surface area contributed by atoms with Crippen molar-refractivity contribution in [2.45, 2.75) is 43.9 Å². The molecule has 49 heavy (non-hydrogen) atoms. The van der Waals surface area contributed by atoms with Crippen molar-refractivity contribution in [1.82, 2.24) is 15.5 Å². The van der Waals surface area contributed by atoms with Crippen molar-refractivity contribution >= 4 is 17.5 Å². The molecule has 0 bridgehead atoms. The Morgan fingerprint density at radius 3 is 2.10 bits per heavy atom. The van der Waals surface area contributed by atoms with Crippen molar-refractivity contribution in [2.75, 3.05) is 45.9 Å². The highest BCUT2D eigenvalue weighted by Crippen LogP contribution is 2.42. The van der Waals surface area contributed by atoms with Crippen molar-refractivity contribution in [1.29, 1.82) is 0 Å². The van der Waals surface area contributed by atoms with Gasteiger partial charge in [-0.25, -0.2) is 0 Å². The van der Waals surface area contributed by atoms with E-state index in [1.807, 2.05) is 6.92 Å². The Balaban J connectivity index is 1.28. The lowest BCUT2D eigenvalue weighted by atomic mass is 9.68. The molecule has 6 N–H and O–H groups in total. The van der Waals surface area contributed by atoms with Crippen LogP contribution in [0.2, 0.25) is 0 Å². The third-order valence-corrected chi connectivity index (χ3v) is 9.64. The van der Waals surface area contributed by atoms with Crippen molar-refractivity contribution in [2.24, 2.45) is 11.5 Å². The Hall–Kier alpha value is -4.84. The fourth-order valence-electron chi connectivity index (χ4n) is 7.16. The highest BCUT2D eigenvalue weighted by atomic mass is 16.6. The van der Waals surface area contributed by atoms with E-state index in [1.54, 1.807) is 12.1 Å². The molecule has 1 saturated heterocycles. The summed E-state index contributed by atoms with van der Waals surface area (Å²) in [5, 5.41) is 17.7. The number of benzene rings is 3. The predicted octanol–water partition coefficient (Wildman–Crippen LogP) is 4.25. The maximum absolute atomic E-state index is 14.0. The van der Waals surface area contributed by atoms with Crippen LogP contribution in [0.1, 0.15) is 55.2 Å². The minimum atomic E-state index is -0.836. The number of nitro groups is 1. The summed E-state index contributed by atoms with van der Waals surface area (Å²) in [7, 11) is 0. The molecule has 5 rings (SSSR count). The number of hydrogen-bond donors (Lipinski definition) is 4. The van der Waals surface area contributed by atoms with Gasteiger partial charge >= 0.3 is 0 Å². The van der Waals surface area contributed by atoms with Crippen LogP contribution in [0.3, 0.4) is 0 Å². The van der Waals surface area contributed by atoms with Crippen LogP contribution >= 0.6 is 0 Å². The topological polar surface area (TPSA) is 166 Å². The van der Waals surface area contributed by atoms with Crippen LogP contribution in [-0.2, 0) is 19.7 Å². The highest BCUT2D eigenvalue weighted by molar-refractivity contribution is 6.03. The first-order valence-corrected chi connectivity index (χ1v) is 17.0. The number of nitrogens with two attached hydrogens (primary N) is 2. The number of carbonyl (C=O) groups excluding carboxylic acids is 2. The van der Waals surface area contributed by atoms with Gasteiger partial charge in [-0.15, -0.1) is 0 Å². The van der Waals surface area contributed by atoms with E-state index in [0.717, 1.165) is 38.9 Å². The third-order valence-electron chi connectivity index (χ3n) is 9.64. The van der Waals surface area contributed by atoms with Gasteiger partial charge in [0.05, 0.1) is 29.4 Å². The second-order valence-corrected chi connectivity index (χ2v) is 12.5. The van der Waals surface area contributed by atoms with Gasteiger partial charge in [-0.2, -0.15) is 0 Å². The van der Waals surface area contributed by atoms with Gasteiger partial charge in [0.25, 0.3) is 5.69 Å². The van der Waals surface area contributed by atoms with Gasteiger partial charge in [0, 0.05) is 47.8 Å². The molecule has 3 aromatic carbocycles. The van der Waals surface area contributed by atoms with Crippen molar-refractivity contribution in [3.8, 4) is 0 Å². The SMILES string of the molecule is CCC1=C(C(=O)NCCCN2CCC(c3ccccc3)(c3ccccc3)CC2)C(c2ccc([N+](=O)[O-])cc2)C(C(N)=O)=C(COCCN)N1. The van der Waals surface area contributed by atoms with Crippen molar-refractivity contribution < 1.29 is 19.2 Å². The Bertz CT molecular complexity index is 1620. The fourth-order valence-corrected chi connectivity index (χ4v) is 7.16. The quantitative estimate of drug-likeness (QED) is 0.106. The number of nitrogens with one attached hydrogen (secondary N) is 2. The Kier molecular flexibility index (Phi) is 12.0. The summed E-state index contributed by atoms with van der Waals surface area (Å²) in [5.41, 5.74) is 16.3. The monoisotopic (exact) mass is 666 g/mol. The Morgan fingerprint density at radius 1 is 0.959 bits per heavy atom. The maximum atomic E-state index is 14.0. The molecule has 0 saturated carbocycles. The summed E-state index contributed by atoms with van der Waals surface area (Å²) >= 11 is 0. The number of carbonyl (C=O) groups is 2. The number of nitrogens with zero attached hydrogens (tertiary/aromatic N) is 2. The molecule has 2 aliphatic heterocycles. The molecule has 258 valence electrons. The molecule has 1 atom stereocenters. The Morgan fingerprint density at radius 2 is 1.57 bits per heavy atom. The number of nitro benzene ring substituents is 1. The molecule has 2 amide bonds. The van der Waals surface area contributed by atoms with Gasteiger partial charge in [-0.3, -0.25) is 19.7 Å². The summed E-state index contributed by atoms with van der Waals surface area (Å²) < 4.78 is 5.66. The van der Waals surface area contributed by atoms with Crippen molar-refractivity contribution in [3.63, 3.8) is 0 Å². The average Bonchev–Trinajstić information content (AvgIpc) is 3.13. The van der Waals surface area contributed by atoms with Gasteiger partial charge in [-0.1, -0.05) is 79.7 Å². The smallest absolute Gasteiger partial charge is 0.269 e. The van der Waals surface area contributed by atoms with Crippen LogP contribution in [0.25, 0.3) is 0 Å². The van der Waals surface area contributed by atoms with E-state index < -0.39 is 16.7 Å². The molecule has 11 nitrogen and oxygen atoms in total. The number of likely N-dealkylation sites (tertiary alicyclic amines) is 1. The number of ether oxygens (including phenoxy) is 1. The number of non-ortho nitro benzene ring substituents is 1. The number of dihydropyridines is 1.